The zero-order valence-corrected chi connectivity index (χ0v) is 13.1. The zero-order valence-electron chi connectivity index (χ0n) is 11.5. The Hall–Kier alpha value is -2.19. The number of ether oxygens (including phenoxy) is 1. The lowest BCUT2D eigenvalue weighted by Gasteiger charge is -2.12. The van der Waals surface area contributed by atoms with E-state index >= 15 is 0 Å². The van der Waals surface area contributed by atoms with Crippen LogP contribution in [0.2, 0.25) is 0 Å². The zero-order chi connectivity index (χ0) is 15.6. The molecule has 7 nitrogen and oxygen atoms in total. The minimum Gasteiger partial charge on any atom is -0.496 e. The Morgan fingerprint density at radius 1 is 1.38 bits per heavy atom. The fourth-order valence-corrected chi connectivity index (χ4v) is 2.50. The van der Waals surface area contributed by atoms with E-state index in [0.717, 1.165) is 4.47 Å². The quantitative estimate of drug-likeness (QED) is 0.437. The van der Waals surface area contributed by atoms with Crippen molar-refractivity contribution in [2.45, 2.75) is 6.92 Å². The number of aryl methyl sites for hydroxylation is 1. The minimum absolute atomic E-state index is 0.0861. The molecule has 0 fully saturated rings. The van der Waals surface area contributed by atoms with Crippen LogP contribution in [-0.2, 0) is 0 Å². The molecule has 0 saturated heterocycles. The van der Waals surface area contributed by atoms with Crippen molar-refractivity contribution in [3.63, 3.8) is 0 Å². The predicted octanol–water partition coefficient (Wildman–Crippen LogP) is 1.41. The van der Waals surface area contributed by atoms with Crippen LogP contribution in [0.4, 0.5) is 5.95 Å². The van der Waals surface area contributed by atoms with Crippen LogP contribution in [-0.4, -0.2) is 23.0 Å². The number of hydrogen-bond donors (Lipinski definition) is 3. The summed E-state index contributed by atoms with van der Waals surface area (Å²) in [4.78, 5) is 20.1. The first-order valence-corrected chi connectivity index (χ1v) is 6.76. The molecule has 1 aromatic carbocycles. The summed E-state index contributed by atoms with van der Waals surface area (Å²) in [5.41, 5.74) is 9.61. The van der Waals surface area contributed by atoms with Gasteiger partial charge < -0.3 is 10.5 Å². The van der Waals surface area contributed by atoms with Crippen molar-refractivity contribution >= 4 is 27.8 Å². The summed E-state index contributed by atoms with van der Waals surface area (Å²) in [7, 11) is 1.57. The van der Waals surface area contributed by atoms with E-state index < -0.39 is 5.91 Å². The van der Waals surface area contributed by atoms with E-state index in [9.17, 15) is 4.79 Å². The van der Waals surface area contributed by atoms with Crippen LogP contribution in [0.1, 0.15) is 16.1 Å². The van der Waals surface area contributed by atoms with Gasteiger partial charge >= 0.3 is 0 Å². The molecular weight excluding hydrogens is 338 g/mol. The second kappa shape index (κ2) is 6.06. The van der Waals surface area contributed by atoms with Crippen LogP contribution in [0.15, 0.2) is 22.7 Å². The van der Waals surface area contributed by atoms with E-state index in [1.165, 1.54) is 0 Å². The van der Waals surface area contributed by atoms with Crippen molar-refractivity contribution in [3.8, 4) is 17.0 Å². The minimum atomic E-state index is -0.477. The molecule has 8 heteroatoms. The third-order valence-electron chi connectivity index (χ3n) is 2.89. The summed E-state index contributed by atoms with van der Waals surface area (Å²) < 4.78 is 5.91. The lowest BCUT2D eigenvalue weighted by molar-refractivity contribution is 0.0953. The van der Waals surface area contributed by atoms with E-state index in [-0.39, 0.29) is 11.5 Å². The number of nitrogens with two attached hydrogens (primary N) is 2. The molecule has 1 aromatic heterocycles. The van der Waals surface area contributed by atoms with Crippen molar-refractivity contribution in [3.05, 3.63) is 33.9 Å². The number of nitrogen functional groups attached to an aromatic ring is 2. The Labute approximate surface area is 129 Å². The van der Waals surface area contributed by atoms with Crippen LogP contribution >= 0.6 is 15.9 Å². The molecule has 5 N–H and O–H groups in total. The van der Waals surface area contributed by atoms with Crippen LogP contribution in [0, 0.1) is 6.92 Å². The molecule has 1 heterocycles. The predicted molar refractivity (Wildman–Crippen MR) is 82.5 cm³/mol. The van der Waals surface area contributed by atoms with Gasteiger partial charge in [-0.1, -0.05) is 0 Å². The molecule has 0 aliphatic heterocycles. The van der Waals surface area contributed by atoms with Gasteiger partial charge in [0, 0.05) is 5.56 Å². The maximum atomic E-state index is 12.0. The van der Waals surface area contributed by atoms with Gasteiger partial charge in [-0.25, -0.2) is 15.8 Å². The average Bonchev–Trinajstić information content (AvgIpc) is 2.45. The molecule has 0 radical (unpaired) electrons. The van der Waals surface area contributed by atoms with Gasteiger partial charge in [-0.3, -0.25) is 10.2 Å². The molecule has 0 atom stereocenters. The highest BCUT2D eigenvalue weighted by molar-refractivity contribution is 9.10. The number of halogens is 1. The first-order chi connectivity index (χ1) is 9.97. The second-order valence-electron chi connectivity index (χ2n) is 4.21. The van der Waals surface area contributed by atoms with Gasteiger partial charge in [0.05, 0.1) is 28.5 Å². The standard InChI is InChI=1S/C13H14BrN5O2/c1-6-10(12(20)19-16)11(18-13(15)17-6)7-3-4-9(21-2)8(14)5-7/h3-5H,16H2,1-2H3,(H,19,20)(H2,15,17,18). The summed E-state index contributed by atoms with van der Waals surface area (Å²) in [6.45, 7) is 1.67. The molecule has 0 aliphatic carbocycles. The van der Waals surface area contributed by atoms with Gasteiger partial charge in [0.2, 0.25) is 5.95 Å². The van der Waals surface area contributed by atoms with Crippen molar-refractivity contribution in [2.24, 2.45) is 5.84 Å². The van der Waals surface area contributed by atoms with E-state index in [1.807, 2.05) is 0 Å². The van der Waals surface area contributed by atoms with Crippen molar-refractivity contribution in [2.75, 3.05) is 12.8 Å². The van der Waals surface area contributed by atoms with Gasteiger partial charge in [-0.2, -0.15) is 0 Å². The van der Waals surface area contributed by atoms with Gasteiger partial charge in [0.15, 0.2) is 0 Å². The lowest BCUT2D eigenvalue weighted by atomic mass is 10.0. The number of hydrogen-bond acceptors (Lipinski definition) is 6. The Morgan fingerprint density at radius 2 is 2.10 bits per heavy atom. The molecule has 0 bridgehead atoms. The molecule has 0 unspecified atom stereocenters. The third-order valence-corrected chi connectivity index (χ3v) is 3.51. The first-order valence-electron chi connectivity index (χ1n) is 5.97. The highest BCUT2D eigenvalue weighted by Gasteiger charge is 2.19. The van der Waals surface area contributed by atoms with Gasteiger partial charge in [-0.15, -0.1) is 0 Å². The molecule has 0 saturated carbocycles. The van der Waals surface area contributed by atoms with E-state index in [0.29, 0.717) is 22.7 Å². The average molecular weight is 352 g/mol. The summed E-state index contributed by atoms with van der Waals surface area (Å²) >= 11 is 3.40. The van der Waals surface area contributed by atoms with Crippen molar-refractivity contribution in [1.29, 1.82) is 0 Å². The highest BCUT2D eigenvalue weighted by atomic mass is 79.9. The van der Waals surface area contributed by atoms with Crippen LogP contribution < -0.4 is 21.7 Å². The lowest BCUT2D eigenvalue weighted by Crippen LogP contribution is -2.31. The van der Waals surface area contributed by atoms with Gasteiger partial charge in [0.25, 0.3) is 5.91 Å². The van der Waals surface area contributed by atoms with Gasteiger partial charge in [-0.05, 0) is 41.1 Å². The maximum absolute atomic E-state index is 12.0. The molecule has 110 valence electrons. The largest absolute Gasteiger partial charge is 0.496 e. The Kier molecular flexibility index (Phi) is 4.39. The Balaban J connectivity index is 2.67. The second-order valence-corrected chi connectivity index (χ2v) is 5.07. The number of benzene rings is 1. The van der Waals surface area contributed by atoms with E-state index in [2.05, 4.69) is 31.3 Å². The molecule has 0 spiro atoms. The van der Waals surface area contributed by atoms with E-state index in [4.69, 9.17) is 16.3 Å². The highest BCUT2D eigenvalue weighted by Crippen LogP contribution is 2.32. The first kappa shape index (κ1) is 15.2. The SMILES string of the molecule is COc1ccc(-c2nc(N)nc(C)c2C(=O)NN)cc1Br. The number of carbonyl (C=O) groups excluding carboxylic acids is 1. The molecule has 0 aliphatic rings. The third kappa shape index (κ3) is 2.96. The number of hydrazine groups is 1. The number of aromatic nitrogens is 2. The topological polar surface area (TPSA) is 116 Å². The normalized spacial score (nSPS) is 10.3. The fraction of sp³-hybridized carbons (Fsp3) is 0.154. The number of anilines is 1. The number of methoxy groups -OCH3 is 1. The Bertz CT molecular complexity index is 705. The summed E-state index contributed by atoms with van der Waals surface area (Å²) in [6.07, 6.45) is 0. The molecule has 1 amide bonds. The molecule has 2 rings (SSSR count). The number of carbonyl (C=O) groups is 1. The summed E-state index contributed by atoms with van der Waals surface area (Å²) in [5, 5.41) is 0. The number of amides is 1. The monoisotopic (exact) mass is 351 g/mol. The maximum Gasteiger partial charge on any atom is 0.269 e. The van der Waals surface area contributed by atoms with E-state index in [1.54, 1.807) is 32.2 Å². The van der Waals surface area contributed by atoms with Crippen molar-refractivity contribution in [1.82, 2.24) is 15.4 Å². The summed E-state index contributed by atoms with van der Waals surface area (Å²) in [6, 6.07) is 5.32. The van der Waals surface area contributed by atoms with Gasteiger partial charge in [0.1, 0.15) is 5.75 Å². The Morgan fingerprint density at radius 3 is 2.67 bits per heavy atom. The molecule has 21 heavy (non-hydrogen) atoms. The smallest absolute Gasteiger partial charge is 0.269 e. The molecule has 2 aromatic rings. The number of nitrogens with one attached hydrogen (secondary N) is 1. The van der Waals surface area contributed by atoms with Crippen LogP contribution in [0.5, 0.6) is 5.75 Å². The number of rotatable bonds is 3. The molecular formula is C13H14BrN5O2. The van der Waals surface area contributed by atoms with Crippen molar-refractivity contribution < 1.29 is 9.53 Å². The summed E-state index contributed by atoms with van der Waals surface area (Å²) in [5.74, 6) is 5.50. The van der Waals surface area contributed by atoms with Crippen LogP contribution in [0.25, 0.3) is 11.3 Å². The number of nitrogens with zero attached hydrogens (tertiary/aromatic N) is 2. The fourth-order valence-electron chi connectivity index (χ4n) is 1.96. The van der Waals surface area contributed by atoms with Crippen LogP contribution in [0.3, 0.4) is 0 Å².